The normalized spacial score (nSPS) is 22.4. The Kier molecular flexibility index (Phi) is 4.74. The fourth-order valence-corrected chi connectivity index (χ4v) is 2.41. The van der Waals surface area contributed by atoms with Crippen LogP contribution in [0.4, 0.5) is 0 Å². The van der Waals surface area contributed by atoms with Crippen LogP contribution in [0.1, 0.15) is 5.56 Å². The third-order valence-corrected chi connectivity index (χ3v) is 3.52. The van der Waals surface area contributed by atoms with Crippen LogP contribution >= 0.6 is 0 Å². The van der Waals surface area contributed by atoms with Crippen LogP contribution in [0.3, 0.4) is 0 Å². The highest BCUT2D eigenvalue weighted by Crippen LogP contribution is 2.10. The second-order valence-corrected chi connectivity index (χ2v) is 5.38. The zero-order valence-electron chi connectivity index (χ0n) is 12.3. The molecule has 8 nitrogen and oxygen atoms in total. The number of β-amino-alcohol motifs (C(OH)–C–C–N with tert-alkyl or cyclic N) is 1. The lowest BCUT2D eigenvalue weighted by molar-refractivity contribution is -0.0264. The molecule has 0 amide bonds. The molecule has 8 heteroatoms. The van der Waals surface area contributed by atoms with E-state index in [1.807, 2.05) is 12.1 Å². The monoisotopic (exact) mass is 304 g/mol. The number of nitrogens with zero attached hydrogens (tertiary/aromatic N) is 4. The summed E-state index contributed by atoms with van der Waals surface area (Å²) in [7, 11) is 0. The third kappa shape index (κ3) is 3.66. The summed E-state index contributed by atoms with van der Waals surface area (Å²) in [6, 6.07) is 3.85. The van der Waals surface area contributed by atoms with Crippen LogP contribution in [0.2, 0.25) is 0 Å². The fraction of sp³-hybridized carbons (Fsp3) is 0.500. The van der Waals surface area contributed by atoms with E-state index in [0.29, 0.717) is 32.8 Å². The van der Waals surface area contributed by atoms with Crippen molar-refractivity contribution in [3.05, 3.63) is 36.5 Å². The summed E-state index contributed by atoms with van der Waals surface area (Å²) in [5.74, 6) is 0.731. The van der Waals surface area contributed by atoms with Crippen LogP contribution in [0.25, 0.3) is 5.82 Å². The van der Waals surface area contributed by atoms with Gasteiger partial charge in [-0.2, -0.15) is 5.10 Å². The standard InChI is InChI=1S/C14H20N6O2/c21-14(7-15-4-5-22-9-14)8-16-6-12-2-1-3-18-13(12)20-11-17-10-19-20/h1-3,10-11,15-16,21H,4-9H2. The van der Waals surface area contributed by atoms with Crippen LogP contribution in [0.5, 0.6) is 0 Å². The molecule has 2 aromatic heterocycles. The summed E-state index contributed by atoms with van der Waals surface area (Å²) in [5.41, 5.74) is 0.0886. The van der Waals surface area contributed by atoms with Gasteiger partial charge in [0.15, 0.2) is 5.82 Å². The van der Waals surface area contributed by atoms with Crippen molar-refractivity contribution in [2.24, 2.45) is 0 Å². The summed E-state index contributed by atoms with van der Waals surface area (Å²) in [5, 5.41) is 21.0. The van der Waals surface area contributed by atoms with Crippen molar-refractivity contribution in [2.45, 2.75) is 12.1 Å². The van der Waals surface area contributed by atoms with Crippen molar-refractivity contribution >= 4 is 0 Å². The Labute approximate surface area is 128 Å². The largest absolute Gasteiger partial charge is 0.385 e. The van der Waals surface area contributed by atoms with Gasteiger partial charge >= 0.3 is 0 Å². The van der Waals surface area contributed by atoms with Crippen molar-refractivity contribution in [2.75, 3.05) is 32.8 Å². The van der Waals surface area contributed by atoms with Gasteiger partial charge in [0, 0.05) is 37.9 Å². The van der Waals surface area contributed by atoms with Crippen LogP contribution in [0, 0.1) is 0 Å². The van der Waals surface area contributed by atoms with E-state index in [2.05, 4.69) is 25.7 Å². The van der Waals surface area contributed by atoms with Crippen LogP contribution < -0.4 is 10.6 Å². The summed E-state index contributed by atoms with van der Waals surface area (Å²) in [6.07, 6.45) is 4.81. The number of aromatic nitrogens is 4. The van der Waals surface area contributed by atoms with Gasteiger partial charge in [0.25, 0.3) is 0 Å². The molecule has 1 fully saturated rings. The van der Waals surface area contributed by atoms with Crippen molar-refractivity contribution in [1.82, 2.24) is 30.4 Å². The molecule has 0 bridgehead atoms. The predicted molar refractivity (Wildman–Crippen MR) is 79.5 cm³/mol. The summed E-state index contributed by atoms with van der Waals surface area (Å²) < 4.78 is 7.04. The first kappa shape index (κ1) is 15.0. The van der Waals surface area contributed by atoms with Gasteiger partial charge in [-0.3, -0.25) is 0 Å². The maximum atomic E-state index is 10.5. The van der Waals surface area contributed by atoms with E-state index in [9.17, 15) is 5.11 Å². The molecule has 0 spiro atoms. The Hall–Kier alpha value is -1.87. The number of rotatable bonds is 5. The zero-order chi connectivity index (χ0) is 15.3. The first-order valence-corrected chi connectivity index (χ1v) is 7.27. The van der Waals surface area contributed by atoms with Crippen LogP contribution in [-0.4, -0.2) is 63.3 Å². The van der Waals surface area contributed by atoms with E-state index in [0.717, 1.165) is 17.9 Å². The number of pyridine rings is 1. The molecule has 22 heavy (non-hydrogen) atoms. The van der Waals surface area contributed by atoms with Crippen molar-refractivity contribution in [3.8, 4) is 5.82 Å². The highest BCUT2D eigenvalue weighted by Gasteiger charge is 2.28. The van der Waals surface area contributed by atoms with Gasteiger partial charge < -0.3 is 20.5 Å². The van der Waals surface area contributed by atoms with Crippen LogP contribution in [0.15, 0.2) is 31.0 Å². The average Bonchev–Trinajstić information content (AvgIpc) is 2.97. The number of ether oxygens (including phenoxy) is 1. The minimum atomic E-state index is -0.897. The Morgan fingerprint density at radius 1 is 1.50 bits per heavy atom. The van der Waals surface area contributed by atoms with Gasteiger partial charge in [-0.25, -0.2) is 14.6 Å². The number of aliphatic hydroxyl groups is 1. The Bertz CT molecular complexity index is 581. The first-order chi connectivity index (χ1) is 10.8. The lowest BCUT2D eigenvalue weighted by Gasteiger charge is -2.26. The molecule has 0 radical (unpaired) electrons. The topological polar surface area (TPSA) is 97.1 Å². The zero-order valence-corrected chi connectivity index (χ0v) is 12.3. The molecule has 0 aromatic carbocycles. The SMILES string of the molecule is OC1(CNCc2cccnc2-n2cncn2)CNCCOC1. The van der Waals surface area contributed by atoms with E-state index >= 15 is 0 Å². The molecule has 2 aromatic rings. The van der Waals surface area contributed by atoms with E-state index < -0.39 is 5.60 Å². The van der Waals surface area contributed by atoms with Gasteiger partial charge in [0.1, 0.15) is 18.3 Å². The summed E-state index contributed by atoms with van der Waals surface area (Å²) >= 11 is 0. The first-order valence-electron chi connectivity index (χ1n) is 7.27. The van der Waals surface area contributed by atoms with E-state index in [-0.39, 0.29) is 0 Å². The van der Waals surface area contributed by atoms with Gasteiger partial charge in [0.05, 0.1) is 13.2 Å². The molecule has 0 aliphatic carbocycles. The van der Waals surface area contributed by atoms with Crippen LogP contribution in [-0.2, 0) is 11.3 Å². The molecule has 3 N–H and O–H groups in total. The summed E-state index contributed by atoms with van der Waals surface area (Å²) in [6.45, 7) is 3.25. The van der Waals surface area contributed by atoms with Gasteiger partial charge in [-0.1, -0.05) is 6.07 Å². The molecule has 0 saturated carbocycles. The molecular formula is C14H20N6O2. The maximum absolute atomic E-state index is 10.5. The number of hydrogen-bond donors (Lipinski definition) is 3. The Morgan fingerprint density at radius 2 is 2.45 bits per heavy atom. The highest BCUT2D eigenvalue weighted by molar-refractivity contribution is 5.31. The maximum Gasteiger partial charge on any atom is 0.159 e. The number of nitrogens with one attached hydrogen (secondary N) is 2. The second-order valence-electron chi connectivity index (χ2n) is 5.38. The number of hydrogen-bond acceptors (Lipinski definition) is 7. The Morgan fingerprint density at radius 3 is 3.32 bits per heavy atom. The average molecular weight is 304 g/mol. The lowest BCUT2D eigenvalue weighted by atomic mass is 10.1. The quantitative estimate of drug-likeness (QED) is 0.659. The van der Waals surface area contributed by atoms with Crippen molar-refractivity contribution < 1.29 is 9.84 Å². The molecule has 1 unspecified atom stereocenters. The third-order valence-electron chi connectivity index (χ3n) is 3.52. The van der Waals surface area contributed by atoms with E-state index in [1.54, 1.807) is 17.2 Å². The van der Waals surface area contributed by atoms with Gasteiger partial charge in [-0.05, 0) is 6.07 Å². The highest BCUT2D eigenvalue weighted by atomic mass is 16.5. The van der Waals surface area contributed by atoms with Gasteiger partial charge in [0.2, 0.25) is 0 Å². The molecule has 3 rings (SSSR count). The fourth-order valence-electron chi connectivity index (χ4n) is 2.41. The second kappa shape index (κ2) is 6.93. The van der Waals surface area contributed by atoms with Crippen molar-refractivity contribution in [1.29, 1.82) is 0 Å². The minimum absolute atomic E-state index is 0.329. The van der Waals surface area contributed by atoms with E-state index in [1.165, 1.54) is 6.33 Å². The molecule has 118 valence electrons. The predicted octanol–water partition coefficient (Wildman–Crippen LogP) is -0.897. The summed E-state index contributed by atoms with van der Waals surface area (Å²) in [4.78, 5) is 8.28. The molecule has 3 heterocycles. The molecule has 1 aliphatic heterocycles. The molecule has 1 saturated heterocycles. The molecule has 1 atom stereocenters. The van der Waals surface area contributed by atoms with E-state index in [4.69, 9.17) is 4.74 Å². The lowest BCUT2D eigenvalue weighted by Crippen LogP contribution is -2.50. The molecule has 1 aliphatic rings. The smallest absolute Gasteiger partial charge is 0.159 e. The Balaban J connectivity index is 1.62. The minimum Gasteiger partial charge on any atom is -0.385 e. The van der Waals surface area contributed by atoms with Crippen molar-refractivity contribution in [3.63, 3.8) is 0 Å². The molecular weight excluding hydrogens is 284 g/mol. The van der Waals surface area contributed by atoms with Gasteiger partial charge in [-0.15, -0.1) is 0 Å².